The molecule has 1 atom stereocenters. The molecular formula is C11H19N3OS. The van der Waals surface area contributed by atoms with Crippen molar-refractivity contribution in [2.24, 2.45) is 5.73 Å². The highest BCUT2D eigenvalue weighted by molar-refractivity contribution is 7.11. The monoisotopic (exact) mass is 241 g/mol. The number of amides is 1. The van der Waals surface area contributed by atoms with Crippen LogP contribution in [0.5, 0.6) is 0 Å². The fraction of sp³-hybridized carbons (Fsp3) is 0.636. The van der Waals surface area contributed by atoms with Crippen LogP contribution in [0.25, 0.3) is 0 Å². The Kier molecular flexibility index (Phi) is 4.04. The van der Waals surface area contributed by atoms with Gasteiger partial charge in [-0.05, 0) is 27.2 Å². The van der Waals surface area contributed by atoms with E-state index in [0.29, 0.717) is 6.42 Å². The van der Waals surface area contributed by atoms with Gasteiger partial charge in [-0.25, -0.2) is 4.98 Å². The molecule has 0 fully saturated rings. The maximum Gasteiger partial charge on any atom is 0.237 e. The number of carbonyl (C=O) groups is 1. The van der Waals surface area contributed by atoms with Gasteiger partial charge in [-0.1, -0.05) is 6.92 Å². The number of nitrogens with two attached hydrogens (primary N) is 1. The van der Waals surface area contributed by atoms with Gasteiger partial charge in [0.25, 0.3) is 0 Å². The summed E-state index contributed by atoms with van der Waals surface area (Å²) in [7, 11) is 0. The van der Waals surface area contributed by atoms with Gasteiger partial charge in [0.2, 0.25) is 5.91 Å². The molecule has 0 aliphatic heterocycles. The summed E-state index contributed by atoms with van der Waals surface area (Å²) in [6, 6.07) is -0.444. The fourth-order valence-electron chi connectivity index (χ4n) is 1.28. The van der Waals surface area contributed by atoms with Gasteiger partial charge in [-0.15, -0.1) is 11.3 Å². The molecule has 90 valence electrons. The van der Waals surface area contributed by atoms with Crippen molar-refractivity contribution < 1.29 is 4.79 Å². The minimum absolute atomic E-state index is 0.125. The largest absolute Gasteiger partial charge is 0.343 e. The third kappa shape index (κ3) is 3.02. The van der Waals surface area contributed by atoms with Crippen LogP contribution in [0.15, 0.2) is 6.20 Å². The average Bonchev–Trinajstić information content (AvgIpc) is 2.63. The Morgan fingerprint density at radius 3 is 2.75 bits per heavy atom. The second-order valence-electron chi connectivity index (χ2n) is 4.41. The molecule has 16 heavy (non-hydrogen) atoms. The lowest BCUT2D eigenvalue weighted by atomic mass is 10.1. The third-order valence-corrected chi connectivity index (χ3v) is 3.60. The Labute approximate surface area is 100 Å². The minimum Gasteiger partial charge on any atom is -0.343 e. The van der Waals surface area contributed by atoms with Gasteiger partial charge in [0, 0.05) is 11.1 Å². The van der Waals surface area contributed by atoms with Gasteiger partial charge in [0.15, 0.2) is 0 Å². The molecule has 0 saturated carbocycles. The van der Waals surface area contributed by atoms with Crippen molar-refractivity contribution in [3.05, 3.63) is 16.1 Å². The van der Waals surface area contributed by atoms with Crippen LogP contribution in [-0.4, -0.2) is 16.9 Å². The molecule has 0 unspecified atom stereocenters. The molecule has 5 heteroatoms. The summed E-state index contributed by atoms with van der Waals surface area (Å²) >= 11 is 1.59. The summed E-state index contributed by atoms with van der Waals surface area (Å²) in [4.78, 5) is 17.1. The van der Waals surface area contributed by atoms with E-state index in [4.69, 9.17) is 5.73 Å². The molecule has 1 aromatic rings. The Morgan fingerprint density at radius 1 is 1.69 bits per heavy atom. The molecule has 3 N–H and O–H groups in total. The zero-order valence-electron chi connectivity index (χ0n) is 10.2. The van der Waals surface area contributed by atoms with Gasteiger partial charge in [-0.3, -0.25) is 4.79 Å². The van der Waals surface area contributed by atoms with Gasteiger partial charge >= 0.3 is 0 Å². The highest BCUT2D eigenvalue weighted by Gasteiger charge is 2.27. The molecular weight excluding hydrogens is 222 g/mol. The van der Waals surface area contributed by atoms with E-state index in [9.17, 15) is 4.79 Å². The van der Waals surface area contributed by atoms with Gasteiger partial charge < -0.3 is 11.1 Å². The number of hydrogen-bond acceptors (Lipinski definition) is 4. The Balaban J connectivity index is 2.75. The second kappa shape index (κ2) is 4.93. The molecule has 0 aromatic carbocycles. The SMILES string of the molecule is CC[C@H](N)C(=O)NC(C)(C)c1ncc(C)s1. The summed E-state index contributed by atoms with van der Waals surface area (Å²) in [6.07, 6.45) is 2.45. The Hall–Kier alpha value is -0.940. The van der Waals surface area contributed by atoms with Crippen LogP contribution < -0.4 is 11.1 Å². The maximum absolute atomic E-state index is 11.7. The molecule has 1 rings (SSSR count). The van der Waals surface area contributed by atoms with Gasteiger partial charge in [0.1, 0.15) is 5.01 Å². The summed E-state index contributed by atoms with van der Waals surface area (Å²) in [5.41, 5.74) is 5.22. The summed E-state index contributed by atoms with van der Waals surface area (Å²) in [6.45, 7) is 7.76. The molecule has 0 aliphatic rings. The number of aromatic nitrogens is 1. The first kappa shape index (κ1) is 13.1. The van der Waals surface area contributed by atoms with E-state index in [1.807, 2.05) is 33.9 Å². The molecule has 0 bridgehead atoms. The van der Waals surface area contributed by atoms with Crippen LogP contribution in [-0.2, 0) is 10.3 Å². The van der Waals surface area contributed by atoms with E-state index in [-0.39, 0.29) is 5.91 Å². The van der Waals surface area contributed by atoms with Crippen LogP contribution in [0.2, 0.25) is 0 Å². The molecule has 1 amide bonds. The number of carbonyl (C=O) groups excluding carboxylic acids is 1. The molecule has 0 saturated heterocycles. The minimum atomic E-state index is -0.456. The molecule has 0 spiro atoms. The smallest absolute Gasteiger partial charge is 0.237 e. The summed E-state index contributed by atoms with van der Waals surface area (Å²) in [5, 5.41) is 3.82. The molecule has 4 nitrogen and oxygen atoms in total. The summed E-state index contributed by atoms with van der Waals surface area (Å²) in [5.74, 6) is -0.125. The highest BCUT2D eigenvalue weighted by Crippen LogP contribution is 2.24. The van der Waals surface area contributed by atoms with E-state index < -0.39 is 11.6 Å². The molecule has 1 heterocycles. The lowest BCUT2D eigenvalue weighted by Crippen LogP contribution is -2.48. The van der Waals surface area contributed by atoms with Crippen molar-refractivity contribution in [3.63, 3.8) is 0 Å². The van der Waals surface area contributed by atoms with Crippen molar-refractivity contribution in [2.45, 2.75) is 45.7 Å². The van der Waals surface area contributed by atoms with Crippen molar-refractivity contribution >= 4 is 17.2 Å². The van der Waals surface area contributed by atoms with Crippen LogP contribution in [0.3, 0.4) is 0 Å². The lowest BCUT2D eigenvalue weighted by Gasteiger charge is -2.25. The topological polar surface area (TPSA) is 68.0 Å². The van der Waals surface area contributed by atoms with Crippen molar-refractivity contribution in [1.82, 2.24) is 10.3 Å². The normalized spacial score (nSPS) is 13.6. The molecule has 1 aromatic heterocycles. The highest BCUT2D eigenvalue weighted by atomic mass is 32.1. The van der Waals surface area contributed by atoms with Crippen molar-refractivity contribution in [1.29, 1.82) is 0 Å². The van der Waals surface area contributed by atoms with E-state index >= 15 is 0 Å². The van der Waals surface area contributed by atoms with Crippen molar-refractivity contribution in [3.8, 4) is 0 Å². The number of thiazole rings is 1. The lowest BCUT2D eigenvalue weighted by molar-refractivity contribution is -0.124. The van der Waals surface area contributed by atoms with E-state index in [1.165, 1.54) is 0 Å². The average molecular weight is 241 g/mol. The number of aryl methyl sites for hydroxylation is 1. The van der Waals surface area contributed by atoms with Crippen LogP contribution in [0.4, 0.5) is 0 Å². The third-order valence-electron chi connectivity index (χ3n) is 2.37. The first-order chi connectivity index (χ1) is 7.36. The molecule has 0 radical (unpaired) electrons. The fourth-order valence-corrected chi connectivity index (χ4v) is 2.11. The number of nitrogens with one attached hydrogen (secondary N) is 1. The van der Waals surface area contributed by atoms with E-state index in [1.54, 1.807) is 11.3 Å². The Bertz CT molecular complexity index is 373. The summed E-state index contributed by atoms with van der Waals surface area (Å²) < 4.78 is 0. The zero-order valence-corrected chi connectivity index (χ0v) is 11.0. The predicted molar refractivity (Wildman–Crippen MR) is 66.3 cm³/mol. The zero-order chi connectivity index (χ0) is 12.3. The van der Waals surface area contributed by atoms with Crippen molar-refractivity contribution in [2.75, 3.05) is 0 Å². The van der Waals surface area contributed by atoms with E-state index in [0.717, 1.165) is 9.88 Å². The predicted octanol–water partition coefficient (Wildman–Crippen LogP) is 1.54. The maximum atomic E-state index is 11.7. The first-order valence-corrected chi connectivity index (χ1v) is 6.19. The quantitative estimate of drug-likeness (QED) is 0.840. The van der Waals surface area contributed by atoms with Crippen LogP contribution >= 0.6 is 11.3 Å². The first-order valence-electron chi connectivity index (χ1n) is 5.37. The second-order valence-corrected chi connectivity index (χ2v) is 5.64. The van der Waals surface area contributed by atoms with Crippen LogP contribution in [0, 0.1) is 6.92 Å². The van der Waals surface area contributed by atoms with Gasteiger partial charge in [0.05, 0.1) is 11.6 Å². The number of hydrogen-bond donors (Lipinski definition) is 2. The number of rotatable bonds is 4. The van der Waals surface area contributed by atoms with E-state index in [2.05, 4.69) is 10.3 Å². The Morgan fingerprint density at radius 2 is 2.31 bits per heavy atom. The van der Waals surface area contributed by atoms with Gasteiger partial charge in [-0.2, -0.15) is 0 Å². The molecule has 0 aliphatic carbocycles. The standard InChI is InChI=1S/C11H19N3OS/c1-5-8(12)9(15)14-11(3,4)10-13-6-7(2)16-10/h6,8H,5,12H2,1-4H3,(H,14,15)/t8-/m0/s1. The van der Waals surface area contributed by atoms with Crippen LogP contribution in [0.1, 0.15) is 37.1 Å². The number of nitrogens with zero attached hydrogens (tertiary/aromatic N) is 1.